The fourth-order valence-corrected chi connectivity index (χ4v) is 1.83. The van der Waals surface area contributed by atoms with Crippen molar-refractivity contribution in [3.05, 3.63) is 52.1 Å². The number of ether oxygens (including phenoxy) is 1. The van der Waals surface area contributed by atoms with Gasteiger partial charge in [0.25, 0.3) is 0 Å². The second kappa shape index (κ2) is 6.64. The Morgan fingerprint density at radius 3 is 2.53 bits per heavy atom. The van der Waals surface area contributed by atoms with E-state index in [1.54, 1.807) is 12.1 Å². The minimum atomic E-state index is 0.319. The molecule has 0 saturated heterocycles. The molecule has 0 spiro atoms. The third-order valence-electron chi connectivity index (χ3n) is 2.47. The molecule has 0 amide bonds. The van der Waals surface area contributed by atoms with Gasteiger partial charge in [0.15, 0.2) is 0 Å². The lowest BCUT2D eigenvalue weighted by Crippen LogP contribution is -2.04. The van der Waals surface area contributed by atoms with E-state index in [1.807, 2.05) is 31.2 Å². The highest BCUT2D eigenvalue weighted by Crippen LogP contribution is 2.20. The Balaban J connectivity index is 2.05. The fraction of sp³-hybridized carbons (Fsp3) is 0.214. The van der Waals surface area contributed by atoms with Crippen LogP contribution in [-0.4, -0.2) is 11.5 Å². The van der Waals surface area contributed by atoms with Crippen LogP contribution in [0.2, 0.25) is 10.0 Å². The van der Waals surface area contributed by atoms with Gasteiger partial charge in [-0.05, 0) is 43.3 Å². The van der Waals surface area contributed by atoms with E-state index in [1.165, 1.54) is 0 Å². The van der Waals surface area contributed by atoms with Crippen LogP contribution in [0, 0.1) is 0 Å². The normalized spacial score (nSPS) is 10.3. The molecule has 2 rings (SSSR count). The molecule has 0 atom stereocenters. The summed E-state index contributed by atoms with van der Waals surface area (Å²) in [6.07, 6.45) is 0. The second-order valence-electron chi connectivity index (χ2n) is 3.90. The van der Waals surface area contributed by atoms with Crippen molar-refractivity contribution in [1.29, 1.82) is 0 Å². The Bertz CT molecular complexity index is 544. The summed E-state index contributed by atoms with van der Waals surface area (Å²) in [6.45, 7) is 3.14. The van der Waals surface area contributed by atoms with Crippen LogP contribution in [-0.2, 0) is 6.61 Å². The summed E-state index contributed by atoms with van der Waals surface area (Å²) in [5, 5.41) is 4.41. The van der Waals surface area contributed by atoms with Crippen LogP contribution >= 0.6 is 23.2 Å². The second-order valence-corrected chi connectivity index (χ2v) is 4.74. The number of hydrogen-bond donors (Lipinski definition) is 1. The van der Waals surface area contributed by atoms with E-state index < -0.39 is 0 Å². The van der Waals surface area contributed by atoms with Crippen molar-refractivity contribution in [2.45, 2.75) is 13.5 Å². The Labute approximate surface area is 122 Å². The number of nitrogens with one attached hydrogen (secondary N) is 1. The number of halogens is 2. The first kappa shape index (κ1) is 14.0. The summed E-state index contributed by atoms with van der Waals surface area (Å²) in [5.41, 5.74) is 0.704. The van der Waals surface area contributed by atoms with Gasteiger partial charge < -0.3 is 10.1 Å². The van der Waals surface area contributed by atoms with E-state index in [4.69, 9.17) is 27.9 Å². The molecule has 3 nitrogen and oxygen atoms in total. The molecule has 0 radical (unpaired) electrons. The highest BCUT2D eigenvalue weighted by Gasteiger charge is 2.05. The minimum Gasteiger partial charge on any atom is -0.487 e. The maximum atomic E-state index is 6.10. The van der Waals surface area contributed by atoms with E-state index >= 15 is 0 Å². The lowest BCUT2D eigenvalue weighted by Gasteiger charge is -2.09. The zero-order valence-electron chi connectivity index (χ0n) is 10.5. The predicted molar refractivity (Wildman–Crippen MR) is 79.2 cm³/mol. The summed E-state index contributed by atoms with van der Waals surface area (Å²) < 4.78 is 5.63. The van der Waals surface area contributed by atoms with E-state index in [-0.39, 0.29) is 0 Å². The van der Waals surface area contributed by atoms with Crippen molar-refractivity contribution >= 4 is 29.0 Å². The predicted octanol–water partition coefficient (Wildman–Crippen LogP) is 4.40. The van der Waals surface area contributed by atoms with E-state index in [2.05, 4.69) is 10.3 Å². The third-order valence-corrected chi connectivity index (χ3v) is 3.06. The van der Waals surface area contributed by atoms with Gasteiger partial charge in [-0.15, -0.1) is 0 Å². The zero-order valence-corrected chi connectivity index (χ0v) is 12.0. The van der Waals surface area contributed by atoms with Crippen LogP contribution in [0.5, 0.6) is 5.75 Å². The summed E-state index contributed by atoms with van der Waals surface area (Å²) in [6, 6.07) is 10.8. The Kier molecular flexibility index (Phi) is 4.88. The molecule has 5 heteroatoms. The van der Waals surface area contributed by atoms with Crippen LogP contribution in [0.3, 0.4) is 0 Å². The Morgan fingerprint density at radius 2 is 1.84 bits per heavy atom. The van der Waals surface area contributed by atoms with E-state index in [9.17, 15) is 0 Å². The summed E-state index contributed by atoms with van der Waals surface area (Å²) in [4.78, 5) is 4.40. The molecule has 1 heterocycles. The van der Waals surface area contributed by atoms with Gasteiger partial charge in [0, 0.05) is 11.6 Å². The number of anilines is 1. The maximum absolute atomic E-state index is 6.10. The highest BCUT2D eigenvalue weighted by molar-refractivity contribution is 6.31. The highest BCUT2D eigenvalue weighted by atomic mass is 35.5. The van der Waals surface area contributed by atoms with Crippen LogP contribution in [0.15, 0.2) is 36.4 Å². The molecule has 0 aliphatic heterocycles. The molecule has 1 aromatic heterocycles. The van der Waals surface area contributed by atoms with Crippen LogP contribution in [0.4, 0.5) is 5.82 Å². The molecular formula is C14H14Cl2N2O. The summed E-state index contributed by atoms with van der Waals surface area (Å²) >= 11 is 11.9. The molecule has 2 aromatic rings. The molecule has 0 aliphatic rings. The van der Waals surface area contributed by atoms with Crippen LogP contribution in [0.25, 0.3) is 0 Å². The maximum Gasteiger partial charge on any atom is 0.132 e. The number of hydrogen-bond acceptors (Lipinski definition) is 3. The monoisotopic (exact) mass is 296 g/mol. The number of benzene rings is 1. The topological polar surface area (TPSA) is 34.1 Å². The lowest BCUT2D eigenvalue weighted by molar-refractivity contribution is 0.301. The van der Waals surface area contributed by atoms with Gasteiger partial charge in [-0.25, -0.2) is 4.98 Å². The Hall–Kier alpha value is -1.45. The molecule has 0 saturated carbocycles. The fourth-order valence-electron chi connectivity index (χ4n) is 1.55. The van der Waals surface area contributed by atoms with Gasteiger partial charge >= 0.3 is 0 Å². The van der Waals surface area contributed by atoms with Gasteiger partial charge in [0.1, 0.15) is 18.2 Å². The van der Waals surface area contributed by atoms with Crippen molar-refractivity contribution in [2.75, 3.05) is 11.9 Å². The van der Waals surface area contributed by atoms with Crippen LogP contribution in [0.1, 0.15) is 12.6 Å². The molecule has 1 N–H and O–H groups in total. The van der Waals surface area contributed by atoms with Gasteiger partial charge in [-0.1, -0.05) is 23.2 Å². The van der Waals surface area contributed by atoms with Crippen molar-refractivity contribution in [3.63, 3.8) is 0 Å². The van der Waals surface area contributed by atoms with E-state index in [0.29, 0.717) is 22.3 Å². The summed E-state index contributed by atoms with van der Waals surface area (Å²) in [7, 11) is 0. The van der Waals surface area contributed by atoms with Crippen molar-refractivity contribution in [2.24, 2.45) is 0 Å². The van der Waals surface area contributed by atoms with Gasteiger partial charge in [-0.2, -0.15) is 0 Å². The van der Waals surface area contributed by atoms with Gasteiger partial charge in [0.05, 0.1) is 10.7 Å². The van der Waals surface area contributed by atoms with Gasteiger partial charge in [-0.3, -0.25) is 0 Å². The minimum absolute atomic E-state index is 0.319. The molecular weight excluding hydrogens is 283 g/mol. The standard InChI is InChI=1S/C14H14Cl2N2O/c1-2-17-14-8-7-12(16)13(18-14)9-19-11-5-3-10(15)4-6-11/h3-8H,2,9H2,1H3,(H,17,18). The number of aromatic nitrogens is 1. The van der Waals surface area contributed by atoms with Crippen molar-refractivity contribution in [1.82, 2.24) is 4.98 Å². The third kappa shape index (κ3) is 4.01. The molecule has 19 heavy (non-hydrogen) atoms. The van der Waals surface area contributed by atoms with Crippen molar-refractivity contribution < 1.29 is 4.74 Å². The first-order valence-corrected chi connectivity index (χ1v) is 6.72. The summed E-state index contributed by atoms with van der Waals surface area (Å²) in [5.74, 6) is 1.53. The molecule has 0 fully saturated rings. The number of pyridine rings is 1. The number of nitrogens with zero attached hydrogens (tertiary/aromatic N) is 1. The molecule has 0 aliphatic carbocycles. The van der Waals surface area contributed by atoms with Crippen LogP contribution < -0.4 is 10.1 Å². The SMILES string of the molecule is CCNc1ccc(Cl)c(COc2ccc(Cl)cc2)n1. The largest absolute Gasteiger partial charge is 0.487 e. The molecule has 1 aromatic carbocycles. The molecule has 0 bridgehead atoms. The smallest absolute Gasteiger partial charge is 0.132 e. The average Bonchev–Trinajstić information content (AvgIpc) is 2.41. The molecule has 0 unspecified atom stereocenters. The lowest BCUT2D eigenvalue weighted by atomic mass is 10.3. The average molecular weight is 297 g/mol. The quantitative estimate of drug-likeness (QED) is 0.888. The number of rotatable bonds is 5. The molecule has 100 valence electrons. The Morgan fingerprint density at radius 1 is 1.11 bits per heavy atom. The zero-order chi connectivity index (χ0) is 13.7. The van der Waals surface area contributed by atoms with Crippen molar-refractivity contribution in [3.8, 4) is 5.75 Å². The van der Waals surface area contributed by atoms with Gasteiger partial charge in [0.2, 0.25) is 0 Å². The first-order valence-electron chi connectivity index (χ1n) is 5.96. The first-order chi connectivity index (χ1) is 9.19. The van der Waals surface area contributed by atoms with E-state index in [0.717, 1.165) is 18.1 Å².